The Morgan fingerprint density at radius 3 is 2.38 bits per heavy atom. The minimum absolute atomic E-state index is 0.00219. The summed E-state index contributed by atoms with van der Waals surface area (Å²) >= 11 is 0. The molecule has 1 saturated heterocycles. The predicted molar refractivity (Wildman–Crippen MR) is 99.9 cm³/mol. The van der Waals surface area contributed by atoms with Gasteiger partial charge in [0, 0.05) is 24.1 Å². The number of aromatic hydroxyl groups is 3. The third-order valence-corrected chi connectivity index (χ3v) is 4.63. The highest BCUT2D eigenvalue weighted by atomic mass is 16.7. The normalized spacial score (nSPS) is 21.9. The van der Waals surface area contributed by atoms with Crippen LogP contribution in [0.1, 0.15) is 6.42 Å². The van der Waals surface area contributed by atoms with Gasteiger partial charge in [0.05, 0.1) is 12.7 Å². The summed E-state index contributed by atoms with van der Waals surface area (Å²) < 4.78 is 16.8. The van der Waals surface area contributed by atoms with Crippen LogP contribution in [0.15, 0.2) is 45.6 Å². The highest BCUT2D eigenvalue weighted by Gasteiger charge is 2.32. The van der Waals surface area contributed by atoms with Crippen LogP contribution in [0.4, 0.5) is 0 Å². The second kappa shape index (κ2) is 7.28. The molecule has 29 heavy (non-hydrogen) atoms. The molecule has 5 N–H and O–H groups in total. The molecular formula is C20H18O9. The molecular weight excluding hydrogens is 384 g/mol. The van der Waals surface area contributed by atoms with Crippen molar-refractivity contribution in [1.82, 2.24) is 0 Å². The molecule has 1 fully saturated rings. The minimum atomic E-state index is -1.09. The van der Waals surface area contributed by atoms with Crippen molar-refractivity contribution in [3.8, 4) is 34.3 Å². The molecule has 0 bridgehead atoms. The van der Waals surface area contributed by atoms with Gasteiger partial charge in [0.1, 0.15) is 34.3 Å². The molecule has 0 amide bonds. The number of rotatable bonds is 3. The zero-order chi connectivity index (χ0) is 20.7. The van der Waals surface area contributed by atoms with Gasteiger partial charge in [-0.3, -0.25) is 4.79 Å². The van der Waals surface area contributed by atoms with E-state index < -0.39 is 29.7 Å². The zero-order valence-electron chi connectivity index (χ0n) is 15.0. The van der Waals surface area contributed by atoms with Gasteiger partial charge in [-0.2, -0.15) is 0 Å². The third-order valence-electron chi connectivity index (χ3n) is 4.63. The van der Waals surface area contributed by atoms with E-state index in [4.69, 9.17) is 13.9 Å². The highest BCUT2D eigenvalue weighted by molar-refractivity contribution is 5.88. The molecule has 1 aliphatic heterocycles. The summed E-state index contributed by atoms with van der Waals surface area (Å²) in [7, 11) is 0. The molecule has 3 aromatic rings. The van der Waals surface area contributed by atoms with Crippen molar-refractivity contribution in [3.63, 3.8) is 0 Å². The first-order valence-electron chi connectivity index (χ1n) is 8.80. The average Bonchev–Trinajstić information content (AvgIpc) is 2.67. The topological polar surface area (TPSA) is 150 Å². The summed E-state index contributed by atoms with van der Waals surface area (Å²) in [5.74, 6) is -1.08. The van der Waals surface area contributed by atoms with E-state index in [1.165, 1.54) is 30.3 Å². The number of hydrogen-bond acceptors (Lipinski definition) is 9. The van der Waals surface area contributed by atoms with Gasteiger partial charge in [0.15, 0.2) is 5.76 Å². The molecule has 2 heterocycles. The fraction of sp³-hybridized carbons (Fsp3) is 0.250. The van der Waals surface area contributed by atoms with Crippen LogP contribution in [0.2, 0.25) is 0 Å². The van der Waals surface area contributed by atoms with Crippen molar-refractivity contribution < 1.29 is 39.4 Å². The maximum absolute atomic E-state index is 13.1. The number of hydrogen-bond donors (Lipinski definition) is 5. The van der Waals surface area contributed by atoms with Crippen LogP contribution in [0.25, 0.3) is 22.3 Å². The van der Waals surface area contributed by atoms with Crippen LogP contribution in [-0.4, -0.2) is 50.6 Å². The van der Waals surface area contributed by atoms with Crippen molar-refractivity contribution in [2.45, 2.75) is 24.9 Å². The van der Waals surface area contributed by atoms with E-state index in [0.717, 1.165) is 6.07 Å². The van der Waals surface area contributed by atoms with E-state index in [9.17, 15) is 30.3 Å². The summed E-state index contributed by atoms with van der Waals surface area (Å²) in [6.45, 7) is -0.182. The monoisotopic (exact) mass is 402 g/mol. The van der Waals surface area contributed by atoms with Gasteiger partial charge >= 0.3 is 0 Å². The van der Waals surface area contributed by atoms with Crippen molar-refractivity contribution in [3.05, 3.63) is 46.6 Å². The molecule has 0 saturated carbocycles. The molecule has 0 radical (unpaired) electrons. The lowest BCUT2D eigenvalue weighted by molar-refractivity contribution is -0.182. The summed E-state index contributed by atoms with van der Waals surface area (Å²) in [5.41, 5.74) is -0.394. The number of phenolic OH excluding ortho intramolecular Hbond substituents is 3. The molecule has 1 aliphatic rings. The SMILES string of the molecule is O=c1c(OC2CC(O)C(O)CO2)c(-c2ccc(O)cc2)oc2cc(O)cc(O)c12. The molecule has 0 aliphatic carbocycles. The molecule has 3 atom stereocenters. The number of benzene rings is 2. The molecule has 4 rings (SSSR count). The number of phenols is 3. The highest BCUT2D eigenvalue weighted by Crippen LogP contribution is 2.37. The van der Waals surface area contributed by atoms with Crippen LogP contribution in [-0.2, 0) is 4.74 Å². The van der Waals surface area contributed by atoms with Gasteiger partial charge in [0.2, 0.25) is 17.5 Å². The molecule has 0 spiro atoms. The Balaban J connectivity index is 1.88. The number of ether oxygens (including phenoxy) is 2. The summed E-state index contributed by atoms with van der Waals surface area (Å²) in [5, 5.41) is 48.6. The fourth-order valence-corrected chi connectivity index (χ4v) is 3.13. The second-order valence-electron chi connectivity index (χ2n) is 6.73. The summed E-state index contributed by atoms with van der Waals surface area (Å²) in [6.07, 6.45) is -3.28. The summed E-state index contributed by atoms with van der Waals surface area (Å²) in [4.78, 5) is 13.1. The third kappa shape index (κ3) is 3.58. The standard InChI is InChI=1S/C20H18O9/c21-10-3-1-9(2-4-10)19-20(29-16-7-12(23)14(25)8-27-16)18(26)17-13(24)5-11(22)6-15(17)28-19/h1-6,12,14,16,21-25H,7-8H2. The predicted octanol–water partition coefficient (Wildman–Crippen LogP) is 1.42. The largest absolute Gasteiger partial charge is 0.508 e. The number of aliphatic hydroxyl groups is 2. The van der Waals surface area contributed by atoms with E-state index in [0.29, 0.717) is 5.56 Å². The first-order chi connectivity index (χ1) is 13.8. The van der Waals surface area contributed by atoms with E-state index in [1.54, 1.807) is 0 Å². The summed E-state index contributed by atoms with van der Waals surface area (Å²) in [6, 6.07) is 7.95. The Kier molecular flexibility index (Phi) is 4.79. The van der Waals surface area contributed by atoms with E-state index in [2.05, 4.69) is 0 Å². The van der Waals surface area contributed by atoms with Crippen molar-refractivity contribution in [1.29, 1.82) is 0 Å². The lowest BCUT2D eigenvalue weighted by Gasteiger charge is -2.30. The number of fused-ring (bicyclic) bond motifs is 1. The maximum Gasteiger partial charge on any atom is 0.239 e. The first kappa shape index (κ1) is 19.1. The van der Waals surface area contributed by atoms with Crippen LogP contribution in [0.5, 0.6) is 23.0 Å². The van der Waals surface area contributed by atoms with Gasteiger partial charge in [0.25, 0.3) is 0 Å². The van der Waals surface area contributed by atoms with Crippen LogP contribution < -0.4 is 10.2 Å². The second-order valence-corrected chi connectivity index (χ2v) is 6.73. The van der Waals surface area contributed by atoms with Crippen molar-refractivity contribution >= 4 is 11.0 Å². The molecule has 3 unspecified atom stereocenters. The Morgan fingerprint density at radius 1 is 0.966 bits per heavy atom. The van der Waals surface area contributed by atoms with E-state index >= 15 is 0 Å². The van der Waals surface area contributed by atoms with Crippen molar-refractivity contribution in [2.24, 2.45) is 0 Å². The van der Waals surface area contributed by atoms with Gasteiger partial charge in [-0.15, -0.1) is 0 Å². The number of aliphatic hydroxyl groups excluding tert-OH is 2. The zero-order valence-corrected chi connectivity index (χ0v) is 15.0. The van der Waals surface area contributed by atoms with Crippen molar-refractivity contribution in [2.75, 3.05) is 6.61 Å². The van der Waals surface area contributed by atoms with Crippen LogP contribution in [0.3, 0.4) is 0 Å². The Bertz CT molecular complexity index is 1100. The molecule has 152 valence electrons. The van der Waals surface area contributed by atoms with Gasteiger partial charge in [-0.1, -0.05) is 0 Å². The van der Waals surface area contributed by atoms with Crippen LogP contribution >= 0.6 is 0 Å². The van der Waals surface area contributed by atoms with E-state index in [1.807, 2.05) is 0 Å². The minimum Gasteiger partial charge on any atom is -0.508 e. The van der Waals surface area contributed by atoms with Gasteiger partial charge in [-0.25, -0.2) is 0 Å². The molecule has 2 aromatic carbocycles. The van der Waals surface area contributed by atoms with Gasteiger partial charge in [-0.05, 0) is 24.3 Å². The Morgan fingerprint density at radius 2 is 1.69 bits per heavy atom. The lowest BCUT2D eigenvalue weighted by atomic mass is 10.1. The Hall–Kier alpha value is -3.27. The molecule has 9 nitrogen and oxygen atoms in total. The first-order valence-corrected chi connectivity index (χ1v) is 8.80. The maximum atomic E-state index is 13.1. The Labute approximate surface area is 163 Å². The van der Waals surface area contributed by atoms with Gasteiger partial charge < -0.3 is 39.4 Å². The van der Waals surface area contributed by atoms with Crippen LogP contribution in [0, 0.1) is 0 Å². The lowest BCUT2D eigenvalue weighted by Crippen LogP contribution is -2.43. The average molecular weight is 402 g/mol. The quantitative estimate of drug-likeness (QED) is 0.438. The molecule has 9 heteroatoms. The molecule has 1 aromatic heterocycles. The smallest absolute Gasteiger partial charge is 0.239 e. The van der Waals surface area contributed by atoms with E-state index in [-0.39, 0.29) is 47.0 Å². The fourth-order valence-electron chi connectivity index (χ4n) is 3.13.